The van der Waals surface area contributed by atoms with Gasteiger partial charge in [-0.2, -0.15) is 5.10 Å². The maximum atomic E-state index is 13.1. The predicted octanol–water partition coefficient (Wildman–Crippen LogP) is 2.82. The largest absolute Gasteiger partial charge is 0.306 e. The first kappa shape index (κ1) is 13.7. The SMILES string of the molecule is CCNC(c1ccc(F)cc1)c1cn(C)nc1CC. The molecule has 0 bridgehead atoms. The molecule has 0 fully saturated rings. The second-order valence-electron chi connectivity index (χ2n) is 4.60. The van der Waals surface area contributed by atoms with E-state index in [9.17, 15) is 4.39 Å². The van der Waals surface area contributed by atoms with Gasteiger partial charge < -0.3 is 5.32 Å². The maximum absolute atomic E-state index is 13.1. The number of nitrogens with zero attached hydrogens (tertiary/aromatic N) is 2. The number of rotatable bonds is 5. The molecule has 0 radical (unpaired) electrons. The lowest BCUT2D eigenvalue weighted by atomic mass is 9.98. The minimum Gasteiger partial charge on any atom is -0.306 e. The fourth-order valence-electron chi connectivity index (χ4n) is 2.34. The van der Waals surface area contributed by atoms with E-state index in [0.717, 1.165) is 24.2 Å². The number of nitrogens with one attached hydrogen (secondary N) is 1. The first-order valence-electron chi connectivity index (χ1n) is 6.67. The molecule has 0 saturated heterocycles. The molecule has 1 aromatic carbocycles. The molecule has 0 aliphatic carbocycles. The van der Waals surface area contributed by atoms with Gasteiger partial charge in [-0.05, 0) is 30.7 Å². The van der Waals surface area contributed by atoms with Crippen molar-refractivity contribution in [2.24, 2.45) is 7.05 Å². The molecule has 0 saturated carbocycles. The summed E-state index contributed by atoms with van der Waals surface area (Å²) in [5, 5.41) is 7.92. The summed E-state index contributed by atoms with van der Waals surface area (Å²) in [7, 11) is 1.93. The highest BCUT2D eigenvalue weighted by Gasteiger charge is 2.18. The van der Waals surface area contributed by atoms with E-state index in [1.54, 1.807) is 0 Å². The summed E-state index contributed by atoms with van der Waals surface area (Å²) in [4.78, 5) is 0. The van der Waals surface area contributed by atoms with Crippen molar-refractivity contribution >= 4 is 0 Å². The third-order valence-corrected chi connectivity index (χ3v) is 3.20. The molecule has 0 amide bonds. The van der Waals surface area contributed by atoms with Crippen LogP contribution in [0, 0.1) is 5.82 Å². The number of halogens is 1. The van der Waals surface area contributed by atoms with Gasteiger partial charge in [0.05, 0.1) is 11.7 Å². The molecule has 0 aliphatic rings. The van der Waals surface area contributed by atoms with Crippen LogP contribution in [0.1, 0.15) is 36.7 Å². The molecule has 2 aromatic rings. The smallest absolute Gasteiger partial charge is 0.123 e. The summed E-state index contributed by atoms with van der Waals surface area (Å²) in [6, 6.07) is 6.72. The van der Waals surface area contributed by atoms with Crippen LogP contribution in [0.5, 0.6) is 0 Å². The lowest BCUT2D eigenvalue weighted by Crippen LogP contribution is -2.22. The van der Waals surface area contributed by atoms with Gasteiger partial charge in [0.2, 0.25) is 0 Å². The van der Waals surface area contributed by atoms with Crippen LogP contribution in [0.2, 0.25) is 0 Å². The summed E-state index contributed by atoms with van der Waals surface area (Å²) < 4.78 is 14.9. The summed E-state index contributed by atoms with van der Waals surface area (Å²) in [5.74, 6) is -0.207. The second-order valence-corrected chi connectivity index (χ2v) is 4.60. The van der Waals surface area contributed by atoms with E-state index in [1.807, 2.05) is 30.1 Å². The third-order valence-electron chi connectivity index (χ3n) is 3.20. The quantitative estimate of drug-likeness (QED) is 0.897. The molecule has 0 spiro atoms. The van der Waals surface area contributed by atoms with Gasteiger partial charge in [-0.1, -0.05) is 26.0 Å². The summed E-state index contributed by atoms with van der Waals surface area (Å²) in [5.41, 5.74) is 3.31. The number of hydrogen-bond acceptors (Lipinski definition) is 2. The van der Waals surface area contributed by atoms with Crippen molar-refractivity contribution in [1.82, 2.24) is 15.1 Å². The van der Waals surface area contributed by atoms with E-state index >= 15 is 0 Å². The molecule has 19 heavy (non-hydrogen) atoms. The highest BCUT2D eigenvalue weighted by Crippen LogP contribution is 2.25. The average molecular weight is 261 g/mol. The zero-order chi connectivity index (χ0) is 13.8. The molecular formula is C15H20FN3. The Morgan fingerprint density at radius 3 is 2.53 bits per heavy atom. The Hall–Kier alpha value is -1.68. The van der Waals surface area contributed by atoms with Crippen molar-refractivity contribution in [3.63, 3.8) is 0 Å². The highest BCUT2D eigenvalue weighted by atomic mass is 19.1. The number of benzene rings is 1. The molecule has 1 unspecified atom stereocenters. The molecule has 0 aliphatic heterocycles. The first-order valence-corrected chi connectivity index (χ1v) is 6.67. The van der Waals surface area contributed by atoms with Crippen LogP contribution >= 0.6 is 0 Å². The zero-order valence-electron chi connectivity index (χ0n) is 11.7. The Morgan fingerprint density at radius 1 is 1.26 bits per heavy atom. The molecule has 1 N–H and O–H groups in total. The van der Waals surface area contributed by atoms with Gasteiger partial charge in [0, 0.05) is 18.8 Å². The van der Waals surface area contributed by atoms with E-state index in [1.165, 1.54) is 17.7 Å². The lowest BCUT2D eigenvalue weighted by molar-refractivity contribution is 0.611. The summed E-state index contributed by atoms with van der Waals surface area (Å²) in [6.45, 7) is 5.01. The molecule has 3 nitrogen and oxygen atoms in total. The van der Waals surface area contributed by atoms with Crippen molar-refractivity contribution in [3.05, 3.63) is 53.1 Å². The molecule has 4 heteroatoms. The lowest BCUT2D eigenvalue weighted by Gasteiger charge is -2.18. The fourth-order valence-corrected chi connectivity index (χ4v) is 2.34. The second kappa shape index (κ2) is 5.97. The Balaban J connectivity index is 2.41. The van der Waals surface area contributed by atoms with Gasteiger partial charge in [0.25, 0.3) is 0 Å². The number of hydrogen-bond donors (Lipinski definition) is 1. The van der Waals surface area contributed by atoms with Gasteiger partial charge in [0.1, 0.15) is 5.82 Å². The molecule has 2 rings (SSSR count). The fraction of sp³-hybridized carbons (Fsp3) is 0.400. The van der Waals surface area contributed by atoms with Crippen molar-refractivity contribution in [2.45, 2.75) is 26.3 Å². The third kappa shape index (κ3) is 3.01. The number of aryl methyl sites for hydroxylation is 2. The Labute approximate surface area is 113 Å². The van der Waals surface area contributed by atoms with Crippen molar-refractivity contribution in [2.75, 3.05) is 6.54 Å². The van der Waals surface area contributed by atoms with Crippen molar-refractivity contribution in [3.8, 4) is 0 Å². The van der Waals surface area contributed by atoms with E-state index in [4.69, 9.17) is 0 Å². The topological polar surface area (TPSA) is 29.9 Å². The molecule has 1 aromatic heterocycles. The van der Waals surface area contributed by atoms with Gasteiger partial charge in [0.15, 0.2) is 0 Å². The Kier molecular flexibility index (Phi) is 4.32. The van der Waals surface area contributed by atoms with Crippen molar-refractivity contribution in [1.29, 1.82) is 0 Å². The Morgan fingerprint density at radius 2 is 1.95 bits per heavy atom. The maximum Gasteiger partial charge on any atom is 0.123 e. The van der Waals surface area contributed by atoms with Crippen molar-refractivity contribution < 1.29 is 4.39 Å². The summed E-state index contributed by atoms with van der Waals surface area (Å²) >= 11 is 0. The van der Waals surface area contributed by atoms with Crippen LogP contribution in [0.15, 0.2) is 30.5 Å². The predicted molar refractivity (Wildman–Crippen MR) is 74.5 cm³/mol. The van der Waals surface area contributed by atoms with E-state index < -0.39 is 0 Å². The van der Waals surface area contributed by atoms with Gasteiger partial charge >= 0.3 is 0 Å². The van der Waals surface area contributed by atoms with Crippen LogP contribution in [-0.4, -0.2) is 16.3 Å². The van der Waals surface area contributed by atoms with Gasteiger partial charge in [-0.3, -0.25) is 4.68 Å². The number of aromatic nitrogens is 2. The first-order chi connectivity index (χ1) is 9.15. The summed E-state index contributed by atoms with van der Waals surface area (Å²) in [6.07, 6.45) is 2.93. The normalized spacial score (nSPS) is 12.6. The molecular weight excluding hydrogens is 241 g/mol. The minimum absolute atomic E-state index is 0.0641. The zero-order valence-corrected chi connectivity index (χ0v) is 11.7. The molecule has 102 valence electrons. The minimum atomic E-state index is -0.207. The molecule has 1 heterocycles. The van der Waals surface area contributed by atoms with Crippen LogP contribution in [0.3, 0.4) is 0 Å². The van der Waals surface area contributed by atoms with E-state index in [2.05, 4.69) is 24.3 Å². The van der Waals surface area contributed by atoms with Crippen LogP contribution in [0.4, 0.5) is 4.39 Å². The van der Waals surface area contributed by atoms with Crippen LogP contribution in [-0.2, 0) is 13.5 Å². The van der Waals surface area contributed by atoms with Gasteiger partial charge in [-0.25, -0.2) is 4.39 Å². The standard InChI is InChI=1S/C15H20FN3/c1-4-14-13(10-19(3)18-14)15(17-5-2)11-6-8-12(16)9-7-11/h6-10,15,17H,4-5H2,1-3H3. The molecule has 1 atom stereocenters. The van der Waals surface area contributed by atoms with Crippen LogP contribution < -0.4 is 5.32 Å². The van der Waals surface area contributed by atoms with E-state index in [-0.39, 0.29) is 11.9 Å². The monoisotopic (exact) mass is 261 g/mol. The van der Waals surface area contributed by atoms with Crippen LogP contribution in [0.25, 0.3) is 0 Å². The highest BCUT2D eigenvalue weighted by molar-refractivity contribution is 5.33. The average Bonchev–Trinajstić information content (AvgIpc) is 2.78. The van der Waals surface area contributed by atoms with E-state index in [0.29, 0.717) is 0 Å². The Bertz CT molecular complexity index is 531. The van der Waals surface area contributed by atoms with Gasteiger partial charge in [-0.15, -0.1) is 0 Å².